The molecule has 2 unspecified atom stereocenters. The maximum absolute atomic E-state index is 15.3. The van der Waals surface area contributed by atoms with Crippen molar-refractivity contribution in [2.24, 2.45) is 0 Å². The van der Waals surface area contributed by atoms with Gasteiger partial charge in [-0.05, 0) is 88.6 Å². The van der Waals surface area contributed by atoms with Crippen LogP contribution in [0.1, 0.15) is 56.9 Å². The van der Waals surface area contributed by atoms with Crippen molar-refractivity contribution in [1.82, 2.24) is 19.9 Å². The van der Waals surface area contributed by atoms with Crippen molar-refractivity contribution < 1.29 is 31.5 Å². The number of amides is 1. The molecule has 1 fully saturated rings. The van der Waals surface area contributed by atoms with Gasteiger partial charge in [-0.25, -0.2) is 32.6 Å². The predicted octanol–water partition coefficient (Wildman–Crippen LogP) is 6.80. The highest BCUT2D eigenvalue weighted by Crippen LogP contribution is 2.35. The summed E-state index contributed by atoms with van der Waals surface area (Å²) in [5, 5.41) is 11.1. The molecule has 5 rings (SSSR count). The van der Waals surface area contributed by atoms with Crippen LogP contribution in [0, 0.1) is 23.0 Å². The third-order valence-corrected chi connectivity index (χ3v) is 9.30. The van der Waals surface area contributed by atoms with E-state index in [1.54, 1.807) is 23.1 Å². The van der Waals surface area contributed by atoms with Gasteiger partial charge < -0.3 is 19.7 Å². The zero-order valence-electron chi connectivity index (χ0n) is 27.3. The van der Waals surface area contributed by atoms with Gasteiger partial charge >= 0.3 is 6.09 Å². The van der Waals surface area contributed by atoms with Gasteiger partial charge in [0.1, 0.15) is 10.9 Å². The van der Waals surface area contributed by atoms with Crippen molar-refractivity contribution in [3.63, 3.8) is 0 Å². The molecule has 1 amide bonds. The Morgan fingerprint density at radius 3 is 2.53 bits per heavy atom. The van der Waals surface area contributed by atoms with E-state index in [9.17, 15) is 13.2 Å². The van der Waals surface area contributed by atoms with E-state index in [1.165, 1.54) is 43.6 Å². The molecule has 1 aliphatic heterocycles. The van der Waals surface area contributed by atoms with Crippen molar-refractivity contribution in [2.75, 3.05) is 23.1 Å². The van der Waals surface area contributed by atoms with Crippen LogP contribution in [0.4, 0.5) is 25.2 Å². The summed E-state index contributed by atoms with van der Waals surface area (Å²) < 4.78 is 69.8. The maximum atomic E-state index is 15.3. The number of ether oxygens (including phenoxy) is 2. The third kappa shape index (κ3) is 8.57. The summed E-state index contributed by atoms with van der Waals surface area (Å²) in [5.41, 5.74) is 0.228. The molecule has 2 N–H and O–H groups in total. The largest absolute Gasteiger partial charge is 0.444 e. The Hall–Kier alpha value is -5.36. The second-order valence-electron chi connectivity index (χ2n) is 12.4. The lowest BCUT2D eigenvalue weighted by Gasteiger charge is -2.34. The van der Waals surface area contributed by atoms with Crippen molar-refractivity contribution in [3.05, 3.63) is 89.8 Å². The number of nitrogens with one attached hydrogen (secondary N) is 2. The fraction of sp³-hybridized carbons (Fsp3) is 0.324. The first-order valence-electron chi connectivity index (χ1n) is 15.4. The molecule has 0 bridgehead atoms. The van der Waals surface area contributed by atoms with Crippen molar-refractivity contribution in [2.45, 2.75) is 57.4 Å². The number of nitriles is 1. The molecular weight excluding hydrogens is 656 g/mol. The zero-order valence-corrected chi connectivity index (χ0v) is 28.1. The number of likely N-dealkylation sites (tertiary alicyclic amines) is 1. The number of hydrogen-bond donors (Lipinski definition) is 2. The zero-order chi connectivity index (χ0) is 35.3. The van der Waals surface area contributed by atoms with E-state index in [2.05, 4.69) is 25.0 Å². The minimum atomic E-state index is -4.21. The molecule has 2 atom stereocenters. The summed E-state index contributed by atoms with van der Waals surface area (Å²) in [7, 11) is -4.21. The number of benzene rings is 2. The number of halogens is 2. The molecule has 0 aliphatic carbocycles. The molecule has 1 saturated heterocycles. The number of aromatic nitrogens is 3. The number of rotatable bonds is 9. The Morgan fingerprint density at radius 2 is 1.82 bits per heavy atom. The van der Waals surface area contributed by atoms with Crippen LogP contribution in [-0.2, 0) is 14.8 Å². The Morgan fingerprint density at radius 1 is 1.06 bits per heavy atom. The number of pyridine rings is 1. The summed E-state index contributed by atoms with van der Waals surface area (Å²) in [5.74, 6) is -3.22. The summed E-state index contributed by atoms with van der Waals surface area (Å²) >= 11 is 0. The van der Waals surface area contributed by atoms with Gasteiger partial charge in [-0.2, -0.15) is 9.65 Å². The fourth-order valence-corrected chi connectivity index (χ4v) is 6.21. The highest BCUT2D eigenvalue weighted by molar-refractivity contribution is 7.92. The van der Waals surface area contributed by atoms with Gasteiger partial charge in [0.05, 0.1) is 28.6 Å². The number of anilines is 2. The average Bonchev–Trinajstić information content (AvgIpc) is 3.07. The first-order chi connectivity index (χ1) is 23.2. The minimum Gasteiger partial charge on any atom is -0.444 e. The molecular formula is C34H35F2N7O5S. The average molecular weight is 692 g/mol. The highest BCUT2D eigenvalue weighted by atomic mass is 32.2. The van der Waals surface area contributed by atoms with Crippen molar-refractivity contribution >= 4 is 27.8 Å². The van der Waals surface area contributed by atoms with E-state index in [4.69, 9.17) is 14.7 Å². The number of nitrogens with zero attached hydrogens (tertiary/aromatic N) is 5. The molecule has 0 radical (unpaired) electrons. The second-order valence-corrected chi connectivity index (χ2v) is 14.4. The van der Waals surface area contributed by atoms with Gasteiger partial charge in [-0.1, -0.05) is 12.1 Å². The van der Waals surface area contributed by atoms with E-state index in [0.29, 0.717) is 35.5 Å². The van der Waals surface area contributed by atoms with Crippen LogP contribution in [0.15, 0.2) is 67.0 Å². The normalized spacial score (nSPS) is 15.5. The van der Waals surface area contributed by atoms with Gasteiger partial charge in [0, 0.05) is 31.5 Å². The number of piperidine rings is 1. The molecule has 3 heterocycles. The molecule has 15 heteroatoms. The van der Waals surface area contributed by atoms with Gasteiger partial charge in [0.2, 0.25) is 27.7 Å². The van der Waals surface area contributed by atoms with Gasteiger partial charge in [-0.3, -0.25) is 4.72 Å². The standard InChI is InChI=1S/C34H35F2N7O5S/c1-21(23-11-9-22(19-37)10-12-23)49(45,46)42-27-13-14-28(30(36)29(27)35)47-31-25(8-5-16-38-31)26-15-17-39-32(41-26)40-24-7-6-18-43(20-24)33(44)48-34(2,3)4/h5,8-17,21,24,42H,6-7,18,20H2,1-4H3,(H,39,40,41). The van der Waals surface area contributed by atoms with Crippen LogP contribution in [0.3, 0.4) is 0 Å². The van der Waals surface area contributed by atoms with E-state index in [0.717, 1.165) is 25.0 Å². The first kappa shape index (κ1) is 35.0. The van der Waals surface area contributed by atoms with E-state index < -0.39 is 50.0 Å². The Balaban J connectivity index is 1.31. The smallest absolute Gasteiger partial charge is 0.410 e. The summed E-state index contributed by atoms with van der Waals surface area (Å²) in [4.78, 5) is 27.3. The van der Waals surface area contributed by atoms with Crippen LogP contribution in [0.5, 0.6) is 11.6 Å². The highest BCUT2D eigenvalue weighted by Gasteiger charge is 2.29. The third-order valence-electron chi connectivity index (χ3n) is 7.59. The van der Waals surface area contributed by atoms with Gasteiger partial charge in [0.25, 0.3) is 0 Å². The van der Waals surface area contributed by atoms with Crippen molar-refractivity contribution in [1.29, 1.82) is 5.26 Å². The lowest BCUT2D eigenvalue weighted by molar-refractivity contribution is 0.0206. The maximum Gasteiger partial charge on any atom is 0.410 e. The Kier molecular flexibility index (Phi) is 10.3. The first-order valence-corrected chi connectivity index (χ1v) is 17.0. The number of hydrogen-bond acceptors (Lipinski definition) is 10. The molecule has 1 aliphatic rings. The van der Waals surface area contributed by atoms with E-state index in [-0.39, 0.29) is 17.9 Å². The van der Waals surface area contributed by atoms with Crippen LogP contribution in [0.2, 0.25) is 0 Å². The molecule has 0 spiro atoms. The fourth-order valence-electron chi connectivity index (χ4n) is 5.06. The van der Waals surface area contributed by atoms with Crippen LogP contribution >= 0.6 is 0 Å². The summed E-state index contributed by atoms with van der Waals surface area (Å²) in [6, 6.07) is 14.7. The number of sulfonamides is 1. The summed E-state index contributed by atoms with van der Waals surface area (Å²) in [6.07, 6.45) is 4.08. The van der Waals surface area contributed by atoms with E-state index >= 15 is 8.78 Å². The molecule has 256 valence electrons. The molecule has 12 nitrogen and oxygen atoms in total. The molecule has 2 aromatic heterocycles. The molecule has 2 aromatic carbocycles. The molecule has 4 aromatic rings. The Labute approximate surface area is 283 Å². The SMILES string of the molecule is CC(c1ccc(C#N)cc1)S(=O)(=O)Nc1ccc(Oc2ncccc2-c2ccnc(NC3CCCN(C(=O)OC(C)(C)C)C3)n2)c(F)c1F. The molecule has 49 heavy (non-hydrogen) atoms. The second kappa shape index (κ2) is 14.4. The number of carbonyl (C=O) groups is 1. The van der Waals surface area contributed by atoms with Gasteiger partial charge in [0.15, 0.2) is 11.6 Å². The van der Waals surface area contributed by atoms with Crippen LogP contribution < -0.4 is 14.8 Å². The Bertz CT molecular complexity index is 1980. The quantitative estimate of drug-likeness (QED) is 0.191. The van der Waals surface area contributed by atoms with E-state index in [1.807, 2.05) is 26.8 Å². The van der Waals surface area contributed by atoms with Crippen molar-refractivity contribution in [3.8, 4) is 29.0 Å². The molecule has 0 saturated carbocycles. The van der Waals surface area contributed by atoms with Crippen LogP contribution in [0.25, 0.3) is 11.3 Å². The predicted molar refractivity (Wildman–Crippen MR) is 178 cm³/mol. The number of carbonyl (C=O) groups excluding carboxylic acids is 1. The van der Waals surface area contributed by atoms with Crippen LogP contribution in [-0.4, -0.2) is 59.1 Å². The topological polar surface area (TPSA) is 159 Å². The summed E-state index contributed by atoms with van der Waals surface area (Å²) in [6.45, 7) is 7.80. The van der Waals surface area contributed by atoms with Gasteiger partial charge in [-0.15, -0.1) is 0 Å². The monoisotopic (exact) mass is 691 g/mol. The lowest BCUT2D eigenvalue weighted by Crippen LogP contribution is -2.47. The minimum absolute atomic E-state index is 0.0815. The lowest BCUT2D eigenvalue weighted by atomic mass is 10.1.